The maximum absolute atomic E-state index is 8.97. The summed E-state index contributed by atoms with van der Waals surface area (Å²) in [5.74, 6) is 0. The Balaban J connectivity index is -0.0000000585. The Bertz CT molecular complexity index is 192. The van der Waals surface area contributed by atoms with Crippen molar-refractivity contribution in [3.8, 4) is 0 Å². The SMILES string of the molecule is OB(O)O.OB(O)O.OC1C(O)C(O)C(O)C(O)C1O.[H-].[H-].[Na+].[Na+]. The molecule has 0 aromatic heterocycles. The Morgan fingerprint density at radius 2 is 0.455 bits per heavy atom. The molecule has 0 radical (unpaired) electrons. The van der Waals surface area contributed by atoms with E-state index in [1.807, 2.05) is 0 Å². The molecular weight excluding hydrogens is 332 g/mol. The minimum Gasteiger partial charge on any atom is -1.00 e. The molecule has 1 aliphatic rings. The number of aliphatic hydroxyl groups is 6. The van der Waals surface area contributed by atoms with E-state index in [-0.39, 0.29) is 62.0 Å². The summed E-state index contributed by atoms with van der Waals surface area (Å²) in [5, 5.41) is 96.8. The Morgan fingerprint density at radius 3 is 0.500 bits per heavy atom. The van der Waals surface area contributed by atoms with Crippen LogP contribution in [0.3, 0.4) is 0 Å². The molecule has 12 N–H and O–H groups in total. The van der Waals surface area contributed by atoms with Gasteiger partial charge in [-0.25, -0.2) is 0 Å². The van der Waals surface area contributed by atoms with Gasteiger partial charge in [-0.2, -0.15) is 0 Å². The first-order chi connectivity index (χ1) is 8.93. The summed E-state index contributed by atoms with van der Waals surface area (Å²) in [6.07, 6.45) is -9.84. The van der Waals surface area contributed by atoms with Crippen LogP contribution in [0.4, 0.5) is 0 Å². The zero-order chi connectivity index (χ0) is 16.6. The van der Waals surface area contributed by atoms with Crippen LogP contribution >= 0.6 is 0 Å². The predicted molar refractivity (Wildman–Crippen MR) is 63.1 cm³/mol. The van der Waals surface area contributed by atoms with Gasteiger partial charge >= 0.3 is 73.8 Å². The first-order valence-corrected chi connectivity index (χ1v) is 5.10. The number of aliphatic hydroxyl groups excluding tert-OH is 6. The van der Waals surface area contributed by atoms with E-state index in [9.17, 15) is 0 Å². The molecule has 16 heteroatoms. The van der Waals surface area contributed by atoms with Crippen LogP contribution in [0.15, 0.2) is 0 Å². The first kappa shape index (κ1) is 31.4. The molecule has 22 heavy (non-hydrogen) atoms. The van der Waals surface area contributed by atoms with E-state index >= 15 is 0 Å². The maximum atomic E-state index is 8.97. The van der Waals surface area contributed by atoms with Crippen molar-refractivity contribution in [1.82, 2.24) is 0 Å². The topological polar surface area (TPSA) is 243 Å². The molecule has 0 bridgehead atoms. The Morgan fingerprint density at radius 1 is 0.409 bits per heavy atom. The van der Waals surface area contributed by atoms with Crippen LogP contribution in [0.2, 0.25) is 0 Å². The fourth-order valence-electron chi connectivity index (χ4n) is 1.21. The molecular formula is C6H20B2Na2O12. The van der Waals surface area contributed by atoms with Gasteiger partial charge in [0, 0.05) is 0 Å². The summed E-state index contributed by atoms with van der Waals surface area (Å²) in [5.41, 5.74) is 0. The van der Waals surface area contributed by atoms with Gasteiger partial charge in [0.2, 0.25) is 0 Å². The Labute approximate surface area is 173 Å². The summed E-state index contributed by atoms with van der Waals surface area (Å²) in [4.78, 5) is 0. The van der Waals surface area contributed by atoms with E-state index in [0.29, 0.717) is 0 Å². The molecule has 1 aliphatic carbocycles. The van der Waals surface area contributed by atoms with E-state index in [0.717, 1.165) is 0 Å². The normalized spacial score (nSPS) is 32.7. The van der Waals surface area contributed by atoms with Crippen molar-refractivity contribution in [1.29, 1.82) is 0 Å². The van der Waals surface area contributed by atoms with Crippen LogP contribution in [0.1, 0.15) is 2.85 Å². The van der Waals surface area contributed by atoms with Crippen molar-refractivity contribution < 1.29 is 123 Å². The molecule has 0 spiro atoms. The van der Waals surface area contributed by atoms with Crippen molar-refractivity contribution in [3.63, 3.8) is 0 Å². The summed E-state index contributed by atoms with van der Waals surface area (Å²) in [7, 11) is -4.33. The van der Waals surface area contributed by atoms with Crippen LogP contribution in [0.25, 0.3) is 0 Å². The van der Waals surface area contributed by atoms with E-state index in [2.05, 4.69) is 0 Å². The van der Waals surface area contributed by atoms with Gasteiger partial charge in [-0.1, -0.05) is 0 Å². The van der Waals surface area contributed by atoms with Crippen LogP contribution in [-0.2, 0) is 0 Å². The smallest absolute Gasteiger partial charge is 1.00 e. The second kappa shape index (κ2) is 16.1. The summed E-state index contributed by atoms with van der Waals surface area (Å²) in [6.45, 7) is 0. The van der Waals surface area contributed by atoms with Gasteiger partial charge in [0.25, 0.3) is 0 Å². The third-order valence-corrected chi connectivity index (χ3v) is 2.10. The molecule has 0 amide bonds. The molecule has 0 saturated heterocycles. The van der Waals surface area contributed by atoms with Crippen molar-refractivity contribution >= 4 is 14.6 Å². The zero-order valence-electron chi connectivity index (χ0n) is 14.0. The minimum atomic E-state index is -2.17. The van der Waals surface area contributed by atoms with Gasteiger partial charge in [-0.05, 0) is 0 Å². The monoisotopic (exact) mass is 352 g/mol. The van der Waals surface area contributed by atoms with E-state index in [1.54, 1.807) is 0 Å². The third kappa shape index (κ3) is 14.0. The molecule has 1 saturated carbocycles. The van der Waals surface area contributed by atoms with Crippen molar-refractivity contribution in [2.75, 3.05) is 0 Å². The molecule has 0 aromatic carbocycles. The fourth-order valence-corrected chi connectivity index (χ4v) is 1.21. The number of hydrogen-bond donors (Lipinski definition) is 12. The van der Waals surface area contributed by atoms with E-state index in [1.165, 1.54) is 0 Å². The molecule has 1 rings (SSSR count). The minimum absolute atomic E-state index is 0. The zero-order valence-corrected chi connectivity index (χ0v) is 16.0. The van der Waals surface area contributed by atoms with Crippen LogP contribution in [-0.4, -0.2) is 112 Å². The third-order valence-electron chi connectivity index (χ3n) is 2.10. The van der Waals surface area contributed by atoms with Crippen LogP contribution in [0, 0.1) is 0 Å². The largest absolute Gasteiger partial charge is 1.00 e. The fraction of sp³-hybridized carbons (Fsp3) is 1.00. The molecule has 1 fully saturated rings. The number of hydrogen-bond acceptors (Lipinski definition) is 12. The molecule has 0 aliphatic heterocycles. The van der Waals surface area contributed by atoms with Gasteiger partial charge < -0.3 is 63.6 Å². The molecule has 0 atom stereocenters. The Hall–Kier alpha value is 1.65. The average Bonchev–Trinajstić information content (AvgIpc) is 2.30. The van der Waals surface area contributed by atoms with Gasteiger partial charge in [0.05, 0.1) is 0 Å². The predicted octanol–water partition coefficient (Wildman–Crippen LogP) is -13.7. The molecule has 0 heterocycles. The van der Waals surface area contributed by atoms with Crippen LogP contribution in [0.5, 0.6) is 0 Å². The molecule has 124 valence electrons. The van der Waals surface area contributed by atoms with Gasteiger partial charge in [-0.3, -0.25) is 0 Å². The molecule has 0 unspecified atom stereocenters. The van der Waals surface area contributed by atoms with Crippen LogP contribution < -0.4 is 59.1 Å². The van der Waals surface area contributed by atoms with Crippen molar-refractivity contribution in [2.24, 2.45) is 0 Å². The first-order valence-electron chi connectivity index (χ1n) is 5.10. The second-order valence-corrected chi connectivity index (χ2v) is 3.64. The summed E-state index contributed by atoms with van der Waals surface area (Å²) < 4.78 is 0. The molecule has 0 aromatic rings. The average molecular weight is 352 g/mol. The second-order valence-electron chi connectivity index (χ2n) is 3.64. The van der Waals surface area contributed by atoms with E-state index < -0.39 is 51.3 Å². The number of rotatable bonds is 0. The van der Waals surface area contributed by atoms with Gasteiger partial charge in [0.1, 0.15) is 36.6 Å². The van der Waals surface area contributed by atoms with E-state index in [4.69, 9.17) is 60.8 Å². The van der Waals surface area contributed by atoms with Crippen molar-refractivity contribution in [2.45, 2.75) is 36.6 Å². The standard InChI is InChI=1S/C6H12O6.2BH3O3.2Na.2H/c7-1-2(8)4(10)6(12)5(11)3(1)9;2*2-1(3)4;;;;/h1-12H;2*2-4H;;;;/q;;;2*+1;2*-1. The quantitative estimate of drug-likeness (QED) is 0.182. The molecule has 12 nitrogen and oxygen atoms in total. The Kier molecular flexibility index (Phi) is 23.0. The summed E-state index contributed by atoms with van der Waals surface area (Å²) in [6, 6.07) is 0. The van der Waals surface area contributed by atoms with Gasteiger partial charge in [-0.15, -0.1) is 0 Å². The van der Waals surface area contributed by atoms with Crippen molar-refractivity contribution in [3.05, 3.63) is 0 Å². The summed E-state index contributed by atoms with van der Waals surface area (Å²) >= 11 is 0. The maximum Gasteiger partial charge on any atom is 1.00 e. The van der Waals surface area contributed by atoms with Gasteiger partial charge in [0.15, 0.2) is 0 Å².